The second-order valence-electron chi connectivity index (χ2n) is 6.36. The van der Waals surface area contributed by atoms with Gasteiger partial charge in [0, 0.05) is 21.1 Å². The number of aromatic nitrogens is 1. The van der Waals surface area contributed by atoms with Gasteiger partial charge in [-0.25, -0.2) is 9.98 Å². The minimum absolute atomic E-state index is 0.193. The zero-order valence-electron chi connectivity index (χ0n) is 15.3. The van der Waals surface area contributed by atoms with Crippen molar-refractivity contribution in [3.63, 3.8) is 0 Å². The average molecular weight is 469 g/mol. The number of aryl methyl sites for hydroxylation is 1. The number of hydrogen-bond donors (Lipinski definition) is 1. The molecule has 7 heteroatoms. The van der Waals surface area contributed by atoms with Crippen LogP contribution < -0.4 is 10.9 Å². The first-order chi connectivity index (χ1) is 14.0. The quantitative estimate of drug-likeness (QED) is 0.399. The molecule has 0 fully saturated rings. The van der Waals surface area contributed by atoms with Crippen molar-refractivity contribution in [2.24, 2.45) is 4.99 Å². The molecule has 2 aromatic carbocycles. The molecule has 29 heavy (non-hydrogen) atoms. The maximum atomic E-state index is 13.0. The highest BCUT2D eigenvalue weighted by molar-refractivity contribution is 9.10. The van der Waals surface area contributed by atoms with Crippen LogP contribution in [0.25, 0.3) is 11.0 Å². The van der Waals surface area contributed by atoms with Crippen molar-refractivity contribution in [1.82, 2.24) is 4.98 Å². The number of carbonyl (C=O) groups is 1. The van der Waals surface area contributed by atoms with Crippen molar-refractivity contribution in [2.45, 2.75) is 6.92 Å². The predicted molar refractivity (Wildman–Crippen MR) is 118 cm³/mol. The maximum absolute atomic E-state index is 13.0. The Labute approximate surface area is 180 Å². The number of anilines is 1. The maximum Gasteiger partial charge on any atom is 0.262 e. The summed E-state index contributed by atoms with van der Waals surface area (Å²) in [4.78, 5) is 21.7. The first-order valence-corrected chi connectivity index (χ1v) is 9.93. The van der Waals surface area contributed by atoms with E-state index in [-0.39, 0.29) is 11.5 Å². The molecule has 0 radical (unpaired) electrons. The smallest absolute Gasteiger partial charge is 0.262 e. The molecule has 0 saturated carbocycles. The zero-order chi connectivity index (χ0) is 20.4. The lowest BCUT2D eigenvalue weighted by Gasteiger charge is -2.07. The van der Waals surface area contributed by atoms with Gasteiger partial charge in [0.25, 0.3) is 5.91 Å². The van der Waals surface area contributed by atoms with E-state index < -0.39 is 0 Å². The zero-order valence-corrected chi connectivity index (χ0v) is 17.7. The summed E-state index contributed by atoms with van der Waals surface area (Å²) in [6, 6.07) is 18.0. The summed E-state index contributed by atoms with van der Waals surface area (Å²) < 4.78 is 6.87. The van der Waals surface area contributed by atoms with Crippen LogP contribution in [0.5, 0.6) is 0 Å². The van der Waals surface area contributed by atoms with Crippen LogP contribution in [0.2, 0.25) is 5.02 Å². The third-order valence-corrected chi connectivity index (χ3v) is 4.98. The average Bonchev–Trinajstić information content (AvgIpc) is 2.71. The molecule has 0 atom stereocenters. The molecule has 1 N–H and O–H groups in total. The van der Waals surface area contributed by atoms with Gasteiger partial charge in [-0.1, -0.05) is 39.7 Å². The fraction of sp³-hybridized carbons (Fsp3) is 0.0455. The van der Waals surface area contributed by atoms with Crippen LogP contribution in [0.15, 0.2) is 80.7 Å². The van der Waals surface area contributed by atoms with E-state index in [9.17, 15) is 4.79 Å². The molecular formula is C22H15BrClN3O2. The van der Waals surface area contributed by atoms with Crippen molar-refractivity contribution in [1.29, 1.82) is 0 Å². The molecule has 0 saturated heterocycles. The van der Waals surface area contributed by atoms with E-state index in [0.29, 0.717) is 27.7 Å². The molecular weight excluding hydrogens is 454 g/mol. The fourth-order valence-electron chi connectivity index (χ4n) is 2.78. The lowest BCUT2D eigenvalue weighted by Crippen LogP contribution is -2.22. The fourth-order valence-corrected chi connectivity index (χ4v) is 3.33. The summed E-state index contributed by atoms with van der Waals surface area (Å²) in [5.41, 5.74) is 2.64. The predicted octanol–water partition coefficient (Wildman–Crippen LogP) is 6.04. The normalized spacial score (nSPS) is 11.6. The highest BCUT2D eigenvalue weighted by atomic mass is 79.9. The van der Waals surface area contributed by atoms with Gasteiger partial charge < -0.3 is 9.73 Å². The SMILES string of the molecule is Cc1ccc(Cl)cc1N=c1oc2ccc(Br)cc2cc1C(=O)Nc1ccccn1. The van der Waals surface area contributed by atoms with Crippen LogP contribution in [-0.2, 0) is 0 Å². The number of halogens is 2. The van der Waals surface area contributed by atoms with E-state index in [0.717, 1.165) is 15.4 Å². The van der Waals surface area contributed by atoms with Crippen molar-refractivity contribution in [3.8, 4) is 0 Å². The van der Waals surface area contributed by atoms with E-state index >= 15 is 0 Å². The number of fused-ring (bicyclic) bond motifs is 1. The van der Waals surface area contributed by atoms with Crippen LogP contribution in [0.4, 0.5) is 11.5 Å². The molecule has 0 spiro atoms. The number of nitrogens with one attached hydrogen (secondary N) is 1. The van der Waals surface area contributed by atoms with Gasteiger partial charge in [0.1, 0.15) is 17.0 Å². The highest BCUT2D eigenvalue weighted by Gasteiger charge is 2.14. The molecule has 0 bridgehead atoms. The molecule has 0 aliphatic heterocycles. The van der Waals surface area contributed by atoms with Gasteiger partial charge in [0.2, 0.25) is 5.55 Å². The minimum Gasteiger partial charge on any atom is -0.438 e. The Kier molecular flexibility index (Phi) is 5.47. The largest absolute Gasteiger partial charge is 0.438 e. The Hall–Kier alpha value is -2.96. The molecule has 4 aromatic rings. The summed E-state index contributed by atoms with van der Waals surface area (Å²) in [5, 5.41) is 4.11. The van der Waals surface area contributed by atoms with Gasteiger partial charge in [-0.15, -0.1) is 0 Å². The summed E-state index contributed by atoms with van der Waals surface area (Å²) >= 11 is 9.57. The van der Waals surface area contributed by atoms with Crippen molar-refractivity contribution in [2.75, 3.05) is 5.32 Å². The third kappa shape index (κ3) is 4.39. The van der Waals surface area contributed by atoms with Crippen LogP contribution in [0.1, 0.15) is 15.9 Å². The van der Waals surface area contributed by atoms with Crippen molar-refractivity contribution >= 4 is 55.9 Å². The van der Waals surface area contributed by atoms with Crippen molar-refractivity contribution < 1.29 is 9.21 Å². The van der Waals surface area contributed by atoms with E-state index in [1.54, 1.807) is 42.6 Å². The summed E-state index contributed by atoms with van der Waals surface area (Å²) in [7, 11) is 0. The molecule has 0 aliphatic rings. The van der Waals surface area contributed by atoms with Gasteiger partial charge in [0.05, 0.1) is 5.69 Å². The number of pyridine rings is 1. The lowest BCUT2D eigenvalue weighted by atomic mass is 10.1. The van der Waals surface area contributed by atoms with Gasteiger partial charge >= 0.3 is 0 Å². The molecule has 2 aromatic heterocycles. The lowest BCUT2D eigenvalue weighted by molar-refractivity contribution is 0.102. The minimum atomic E-state index is -0.368. The first-order valence-electron chi connectivity index (χ1n) is 8.76. The monoisotopic (exact) mass is 467 g/mol. The number of amides is 1. The summed E-state index contributed by atoms with van der Waals surface area (Å²) in [5.74, 6) is 0.0736. The molecule has 0 aliphatic carbocycles. The van der Waals surface area contributed by atoms with Crippen molar-refractivity contribution in [3.05, 3.63) is 93.0 Å². The molecule has 0 unspecified atom stereocenters. The van der Waals surface area contributed by atoms with Crippen LogP contribution in [0.3, 0.4) is 0 Å². The molecule has 144 valence electrons. The number of benzene rings is 2. The first kappa shape index (κ1) is 19.4. The Morgan fingerprint density at radius 1 is 1.14 bits per heavy atom. The Morgan fingerprint density at radius 3 is 2.79 bits per heavy atom. The molecule has 2 heterocycles. The molecule has 5 nitrogen and oxygen atoms in total. The van der Waals surface area contributed by atoms with Crippen LogP contribution >= 0.6 is 27.5 Å². The highest BCUT2D eigenvalue weighted by Crippen LogP contribution is 2.24. The number of nitrogens with zero attached hydrogens (tertiary/aromatic N) is 2. The van der Waals surface area contributed by atoms with Gasteiger partial charge in [0.15, 0.2) is 0 Å². The van der Waals surface area contributed by atoms with E-state index in [2.05, 4.69) is 31.2 Å². The number of carbonyl (C=O) groups excluding carboxylic acids is 1. The summed E-state index contributed by atoms with van der Waals surface area (Å²) in [6.45, 7) is 1.92. The Morgan fingerprint density at radius 2 is 2.00 bits per heavy atom. The Bertz CT molecular complexity index is 1290. The third-order valence-electron chi connectivity index (χ3n) is 4.25. The van der Waals surface area contributed by atoms with Gasteiger partial charge in [-0.05, 0) is 61.0 Å². The second kappa shape index (κ2) is 8.19. The standard InChI is InChI=1S/C22H15BrClN3O2/c1-13-5-7-16(24)12-18(13)26-22-17(21(28)27-20-4-2-3-9-25-20)11-14-10-15(23)6-8-19(14)29-22/h2-12H,1H3,(H,25,27,28). The van der Waals surface area contributed by atoms with Gasteiger partial charge in [-0.3, -0.25) is 4.79 Å². The number of hydrogen-bond acceptors (Lipinski definition) is 4. The Balaban J connectivity index is 1.90. The number of rotatable bonds is 3. The van der Waals surface area contributed by atoms with E-state index in [1.807, 2.05) is 31.2 Å². The molecule has 1 amide bonds. The van der Waals surface area contributed by atoms with Gasteiger partial charge in [-0.2, -0.15) is 0 Å². The second-order valence-corrected chi connectivity index (χ2v) is 7.71. The van der Waals surface area contributed by atoms with E-state index in [1.165, 1.54) is 0 Å². The topological polar surface area (TPSA) is 67.5 Å². The van der Waals surface area contributed by atoms with Crippen LogP contribution in [0, 0.1) is 6.92 Å². The molecule has 4 rings (SSSR count). The van der Waals surface area contributed by atoms with E-state index in [4.69, 9.17) is 16.0 Å². The summed E-state index contributed by atoms with van der Waals surface area (Å²) in [6.07, 6.45) is 1.61. The van der Waals surface area contributed by atoms with Crippen LogP contribution in [-0.4, -0.2) is 10.9 Å².